The maximum Gasteiger partial charge on any atom is 0.310 e. The summed E-state index contributed by atoms with van der Waals surface area (Å²) in [6.45, 7) is 1.30. The fourth-order valence-corrected chi connectivity index (χ4v) is 3.66. The number of hydrogen-bond acceptors (Lipinski definition) is 3. The molecule has 1 N–H and O–H groups in total. The van der Waals surface area contributed by atoms with Gasteiger partial charge in [-0.1, -0.05) is 0 Å². The highest BCUT2D eigenvalue weighted by atomic mass is 32.2. The Morgan fingerprint density at radius 1 is 1.35 bits per heavy atom. The lowest BCUT2D eigenvalue weighted by atomic mass is 9.90. The molecule has 20 heavy (non-hydrogen) atoms. The molecule has 8 heteroatoms. The number of sulfonamides is 1. The molecule has 0 amide bonds. The summed E-state index contributed by atoms with van der Waals surface area (Å²) in [5, 5.41) is 9.08. The van der Waals surface area contributed by atoms with Gasteiger partial charge in [-0.25, -0.2) is 17.2 Å². The lowest BCUT2D eigenvalue weighted by molar-refractivity contribution is -0.146. The van der Waals surface area contributed by atoms with Crippen LogP contribution < -0.4 is 0 Å². The molecule has 2 rings (SSSR count). The number of hydrogen-bond donors (Lipinski definition) is 1. The monoisotopic (exact) mass is 305 g/mol. The molecule has 1 aliphatic rings. The van der Waals surface area contributed by atoms with E-state index in [-0.39, 0.29) is 24.4 Å². The Labute approximate surface area is 114 Å². The SMILES string of the molecule is CC1(C(=O)O)CCN(S(=O)(=O)c2ccc(F)c(F)c2)C1. The molecule has 1 unspecified atom stereocenters. The first-order chi connectivity index (χ1) is 9.17. The van der Waals surface area contributed by atoms with E-state index >= 15 is 0 Å². The van der Waals surface area contributed by atoms with Crippen LogP contribution in [0.15, 0.2) is 23.1 Å². The highest BCUT2D eigenvalue weighted by Gasteiger charge is 2.44. The van der Waals surface area contributed by atoms with Crippen molar-refractivity contribution in [1.82, 2.24) is 4.31 Å². The minimum atomic E-state index is -4.02. The van der Waals surface area contributed by atoms with E-state index in [1.165, 1.54) is 6.92 Å². The van der Waals surface area contributed by atoms with Crippen molar-refractivity contribution < 1.29 is 27.1 Å². The van der Waals surface area contributed by atoms with Gasteiger partial charge in [0.2, 0.25) is 10.0 Å². The highest BCUT2D eigenvalue weighted by Crippen LogP contribution is 2.33. The zero-order valence-corrected chi connectivity index (χ0v) is 11.5. The minimum Gasteiger partial charge on any atom is -0.481 e. The third-order valence-corrected chi connectivity index (χ3v) is 5.32. The van der Waals surface area contributed by atoms with Gasteiger partial charge in [-0.05, 0) is 31.5 Å². The fraction of sp³-hybridized carbons (Fsp3) is 0.417. The second kappa shape index (κ2) is 4.78. The summed E-state index contributed by atoms with van der Waals surface area (Å²) in [5.74, 6) is -3.48. The Hall–Kier alpha value is -1.54. The summed E-state index contributed by atoms with van der Waals surface area (Å²) in [6.07, 6.45) is 0.172. The lowest BCUT2D eigenvalue weighted by Crippen LogP contribution is -2.34. The molecule has 1 aliphatic heterocycles. The van der Waals surface area contributed by atoms with E-state index in [9.17, 15) is 22.0 Å². The molecule has 1 aromatic carbocycles. The molecule has 1 fully saturated rings. The van der Waals surface area contributed by atoms with Gasteiger partial charge in [-0.15, -0.1) is 0 Å². The summed E-state index contributed by atoms with van der Waals surface area (Å²) >= 11 is 0. The van der Waals surface area contributed by atoms with Crippen LogP contribution in [0.2, 0.25) is 0 Å². The Morgan fingerprint density at radius 2 is 2.00 bits per heavy atom. The molecule has 1 aromatic rings. The van der Waals surface area contributed by atoms with Crippen LogP contribution in [-0.2, 0) is 14.8 Å². The van der Waals surface area contributed by atoms with Gasteiger partial charge in [0, 0.05) is 13.1 Å². The van der Waals surface area contributed by atoms with Crippen LogP contribution in [0.1, 0.15) is 13.3 Å². The summed E-state index contributed by atoms with van der Waals surface area (Å²) in [7, 11) is -4.02. The Morgan fingerprint density at radius 3 is 2.50 bits per heavy atom. The number of halogens is 2. The molecule has 0 aromatic heterocycles. The van der Waals surface area contributed by atoms with Crippen molar-refractivity contribution in [3.05, 3.63) is 29.8 Å². The molecular formula is C12H13F2NO4S. The van der Waals surface area contributed by atoms with Crippen LogP contribution in [0, 0.1) is 17.0 Å². The van der Waals surface area contributed by atoms with Crippen molar-refractivity contribution in [2.24, 2.45) is 5.41 Å². The van der Waals surface area contributed by atoms with Crippen LogP contribution in [0.25, 0.3) is 0 Å². The van der Waals surface area contributed by atoms with Crippen molar-refractivity contribution in [3.63, 3.8) is 0 Å². The Balaban J connectivity index is 2.33. The van der Waals surface area contributed by atoms with Crippen molar-refractivity contribution >= 4 is 16.0 Å². The number of rotatable bonds is 3. The molecule has 5 nitrogen and oxygen atoms in total. The zero-order chi connectivity index (χ0) is 15.1. The molecule has 1 heterocycles. The molecule has 0 aliphatic carbocycles. The van der Waals surface area contributed by atoms with Gasteiger partial charge in [0.1, 0.15) is 0 Å². The number of carboxylic acid groups (broad SMARTS) is 1. The highest BCUT2D eigenvalue weighted by molar-refractivity contribution is 7.89. The molecular weight excluding hydrogens is 292 g/mol. The van der Waals surface area contributed by atoms with E-state index in [0.717, 1.165) is 16.4 Å². The summed E-state index contributed by atoms with van der Waals surface area (Å²) in [4.78, 5) is 10.7. The van der Waals surface area contributed by atoms with Crippen LogP contribution in [0.3, 0.4) is 0 Å². The molecule has 0 saturated carbocycles. The number of benzene rings is 1. The van der Waals surface area contributed by atoms with Gasteiger partial charge < -0.3 is 5.11 Å². The van der Waals surface area contributed by atoms with E-state index in [0.29, 0.717) is 6.07 Å². The van der Waals surface area contributed by atoms with Crippen molar-refractivity contribution in [1.29, 1.82) is 0 Å². The summed E-state index contributed by atoms with van der Waals surface area (Å²) in [5.41, 5.74) is -1.16. The normalized spacial score (nSPS) is 23.9. The van der Waals surface area contributed by atoms with Crippen LogP contribution in [0.4, 0.5) is 8.78 Å². The van der Waals surface area contributed by atoms with Gasteiger partial charge >= 0.3 is 5.97 Å². The van der Waals surface area contributed by atoms with Gasteiger partial charge in [0.25, 0.3) is 0 Å². The molecule has 0 spiro atoms. The maximum absolute atomic E-state index is 13.1. The van der Waals surface area contributed by atoms with E-state index < -0.39 is 33.0 Å². The second-order valence-corrected chi connectivity index (χ2v) is 6.97. The molecule has 0 bridgehead atoms. The fourth-order valence-electron chi connectivity index (χ4n) is 2.08. The zero-order valence-electron chi connectivity index (χ0n) is 10.6. The van der Waals surface area contributed by atoms with E-state index in [1.54, 1.807) is 0 Å². The molecule has 110 valence electrons. The smallest absolute Gasteiger partial charge is 0.310 e. The average molecular weight is 305 g/mol. The van der Waals surface area contributed by atoms with Gasteiger partial charge in [0.15, 0.2) is 11.6 Å². The molecule has 0 radical (unpaired) electrons. The van der Waals surface area contributed by atoms with Crippen LogP contribution in [0.5, 0.6) is 0 Å². The van der Waals surface area contributed by atoms with Gasteiger partial charge in [0.05, 0.1) is 10.3 Å². The Kier molecular flexibility index (Phi) is 3.55. The predicted octanol–water partition coefficient (Wildman–Crippen LogP) is 1.45. The van der Waals surface area contributed by atoms with Crippen molar-refractivity contribution in [2.75, 3.05) is 13.1 Å². The quantitative estimate of drug-likeness (QED) is 0.917. The average Bonchev–Trinajstić information content (AvgIpc) is 2.77. The lowest BCUT2D eigenvalue weighted by Gasteiger charge is -2.20. The summed E-state index contributed by atoms with van der Waals surface area (Å²) < 4.78 is 51.4. The summed E-state index contributed by atoms with van der Waals surface area (Å²) in [6, 6.07) is 2.29. The third kappa shape index (κ3) is 2.40. The number of nitrogens with zero attached hydrogens (tertiary/aromatic N) is 1. The topological polar surface area (TPSA) is 74.7 Å². The number of carbonyl (C=O) groups is 1. The van der Waals surface area contributed by atoms with Crippen LogP contribution >= 0.6 is 0 Å². The molecule has 1 atom stereocenters. The molecule has 1 saturated heterocycles. The van der Waals surface area contributed by atoms with Gasteiger partial charge in [-0.2, -0.15) is 4.31 Å². The second-order valence-electron chi connectivity index (χ2n) is 5.03. The van der Waals surface area contributed by atoms with Gasteiger partial charge in [-0.3, -0.25) is 4.79 Å². The minimum absolute atomic E-state index is 0.0319. The largest absolute Gasteiger partial charge is 0.481 e. The first kappa shape index (κ1) is 14.9. The first-order valence-corrected chi connectivity index (χ1v) is 7.29. The van der Waals surface area contributed by atoms with Crippen molar-refractivity contribution in [2.45, 2.75) is 18.2 Å². The van der Waals surface area contributed by atoms with Crippen LogP contribution in [-0.4, -0.2) is 36.9 Å². The number of carboxylic acids is 1. The Bertz CT molecular complexity index is 661. The van der Waals surface area contributed by atoms with E-state index in [2.05, 4.69) is 0 Å². The standard InChI is InChI=1S/C12H13F2NO4S/c1-12(11(16)17)4-5-15(7-12)20(18,19)8-2-3-9(13)10(14)6-8/h2-3,6H,4-5,7H2,1H3,(H,16,17). The first-order valence-electron chi connectivity index (χ1n) is 5.85. The van der Waals surface area contributed by atoms with Crippen molar-refractivity contribution in [3.8, 4) is 0 Å². The maximum atomic E-state index is 13.1. The van der Waals surface area contributed by atoms with E-state index in [4.69, 9.17) is 5.11 Å². The third-order valence-electron chi connectivity index (χ3n) is 3.48. The predicted molar refractivity (Wildman–Crippen MR) is 65.5 cm³/mol. The van der Waals surface area contributed by atoms with E-state index in [1.807, 2.05) is 0 Å². The number of aliphatic carboxylic acids is 1.